The van der Waals surface area contributed by atoms with Crippen molar-refractivity contribution < 1.29 is 18.3 Å². The lowest BCUT2D eigenvalue weighted by Crippen LogP contribution is -2.26. The molecule has 2 aromatic rings. The van der Waals surface area contributed by atoms with Crippen molar-refractivity contribution in [1.29, 1.82) is 0 Å². The van der Waals surface area contributed by atoms with Crippen molar-refractivity contribution in [3.63, 3.8) is 0 Å². The molecule has 0 saturated carbocycles. The second-order valence-electron chi connectivity index (χ2n) is 4.57. The topological polar surface area (TPSA) is 50.1 Å². The van der Waals surface area contributed by atoms with Gasteiger partial charge in [-0.05, 0) is 17.7 Å². The highest BCUT2D eigenvalue weighted by Crippen LogP contribution is 2.34. The average Bonchev–Trinajstić information content (AvgIpc) is 2.95. The maximum Gasteiger partial charge on any atom is 0.416 e. The molecule has 0 amide bonds. The van der Waals surface area contributed by atoms with Gasteiger partial charge in [0.2, 0.25) is 0 Å². The van der Waals surface area contributed by atoms with Crippen LogP contribution in [0.2, 0.25) is 0 Å². The van der Waals surface area contributed by atoms with Crippen molar-refractivity contribution in [3.05, 3.63) is 53.9 Å². The molecule has 0 aliphatic carbocycles. The standard InChI is InChI=1S/C14H16F3N3O/c15-14(16,17)12-5-2-1-4-11(12)13(21)10-18-7-9-20-8-3-6-19-20/h1-6,8,13,18,21H,7,9-10H2/t13-/m0/s1. The molecule has 0 radical (unpaired) electrons. The van der Waals surface area contributed by atoms with E-state index in [0.717, 1.165) is 6.07 Å². The van der Waals surface area contributed by atoms with E-state index in [4.69, 9.17) is 0 Å². The molecule has 1 atom stereocenters. The SMILES string of the molecule is O[C@@H](CNCCn1cccn1)c1ccccc1C(F)(F)F. The van der Waals surface area contributed by atoms with E-state index in [0.29, 0.717) is 13.1 Å². The Bertz CT molecular complexity index is 555. The molecule has 0 spiro atoms. The predicted molar refractivity (Wildman–Crippen MR) is 71.5 cm³/mol. The minimum absolute atomic E-state index is 0.0500. The zero-order chi connectivity index (χ0) is 15.3. The second kappa shape index (κ2) is 6.73. The van der Waals surface area contributed by atoms with Gasteiger partial charge in [0.1, 0.15) is 0 Å². The van der Waals surface area contributed by atoms with Gasteiger partial charge in [-0.25, -0.2) is 0 Å². The molecule has 0 fully saturated rings. The van der Waals surface area contributed by atoms with Crippen molar-refractivity contribution >= 4 is 0 Å². The Hall–Kier alpha value is -1.86. The van der Waals surface area contributed by atoms with Crippen LogP contribution >= 0.6 is 0 Å². The molecule has 4 nitrogen and oxygen atoms in total. The number of aliphatic hydroxyl groups is 1. The van der Waals surface area contributed by atoms with Crippen molar-refractivity contribution in [2.24, 2.45) is 0 Å². The fourth-order valence-corrected chi connectivity index (χ4v) is 2.02. The molecule has 0 unspecified atom stereocenters. The molecule has 0 bridgehead atoms. The summed E-state index contributed by atoms with van der Waals surface area (Å²) in [7, 11) is 0. The minimum atomic E-state index is -4.47. The third kappa shape index (κ3) is 4.30. The third-order valence-electron chi connectivity index (χ3n) is 3.04. The maximum absolute atomic E-state index is 12.8. The van der Waals surface area contributed by atoms with Crippen LogP contribution in [-0.4, -0.2) is 28.0 Å². The number of benzene rings is 1. The average molecular weight is 299 g/mol. The monoisotopic (exact) mass is 299 g/mol. The lowest BCUT2D eigenvalue weighted by Gasteiger charge is -2.18. The molecular formula is C14H16F3N3O. The summed E-state index contributed by atoms with van der Waals surface area (Å²) in [5, 5.41) is 16.9. The highest BCUT2D eigenvalue weighted by atomic mass is 19.4. The summed E-state index contributed by atoms with van der Waals surface area (Å²) in [5.74, 6) is 0. The summed E-state index contributed by atoms with van der Waals surface area (Å²) in [6.45, 7) is 1.14. The number of alkyl halides is 3. The van der Waals surface area contributed by atoms with E-state index < -0.39 is 17.8 Å². The van der Waals surface area contributed by atoms with Crippen LogP contribution in [-0.2, 0) is 12.7 Å². The fraction of sp³-hybridized carbons (Fsp3) is 0.357. The number of halogens is 3. The number of nitrogens with one attached hydrogen (secondary N) is 1. The van der Waals surface area contributed by atoms with Gasteiger partial charge < -0.3 is 10.4 Å². The first kappa shape index (κ1) is 15.5. The van der Waals surface area contributed by atoms with Gasteiger partial charge in [0.25, 0.3) is 0 Å². The quantitative estimate of drug-likeness (QED) is 0.804. The summed E-state index contributed by atoms with van der Waals surface area (Å²) in [4.78, 5) is 0. The van der Waals surface area contributed by atoms with Crippen molar-refractivity contribution in [3.8, 4) is 0 Å². The van der Waals surface area contributed by atoms with Crippen LogP contribution in [0.3, 0.4) is 0 Å². The summed E-state index contributed by atoms with van der Waals surface area (Å²) in [5.41, 5.74) is -0.914. The van der Waals surface area contributed by atoms with Gasteiger partial charge in [0, 0.05) is 25.5 Å². The first-order valence-corrected chi connectivity index (χ1v) is 6.51. The third-order valence-corrected chi connectivity index (χ3v) is 3.04. The first-order valence-electron chi connectivity index (χ1n) is 6.51. The van der Waals surface area contributed by atoms with Gasteiger partial charge in [-0.1, -0.05) is 18.2 Å². The van der Waals surface area contributed by atoms with Crippen LogP contribution in [0.25, 0.3) is 0 Å². The van der Waals surface area contributed by atoms with Gasteiger partial charge >= 0.3 is 6.18 Å². The molecule has 7 heteroatoms. The number of hydrogen-bond donors (Lipinski definition) is 2. The molecule has 0 saturated heterocycles. The Morgan fingerprint density at radius 2 is 2.00 bits per heavy atom. The molecule has 21 heavy (non-hydrogen) atoms. The van der Waals surface area contributed by atoms with Gasteiger partial charge in [-0.3, -0.25) is 4.68 Å². The van der Waals surface area contributed by atoms with Crippen molar-refractivity contribution in [2.75, 3.05) is 13.1 Å². The smallest absolute Gasteiger partial charge is 0.387 e. The molecule has 1 aromatic heterocycles. The van der Waals surface area contributed by atoms with Crippen LogP contribution in [0.4, 0.5) is 13.2 Å². The number of hydrogen-bond acceptors (Lipinski definition) is 3. The van der Waals surface area contributed by atoms with Crippen LogP contribution in [0, 0.1) is 0 Å². The van der Waals surface area contributed by atoms with Crippen LogP contribution in [0.5, 0.6) is 0 Å². The van der Waals surface area contributed by atoms with Crippen molar-refractivity contribution in [2.45, 2.75) is 18.8 Å². The van der Waals surface area contributed by atoms with Gasteiger partial charge in [0.05, 0.1) is 18.2 Å². The number of aliphatic hydroxyl groups excluding tert-OH is 1. The number of nitrogens with zero attached hydrogens (tertiary/aromatic N) is 2. The number of aromatic nitrogens is 2. The maximum atomic E-state index is 12.8. The summed E-state index contributed by atoms with van der Waals surface area (Å²) in [6, 6.07) is 6.85. The van der Waals surface area contributed by atoms with Crippen molar-refractivity contribution in [1.82, 2.24) is 15.1 Å². The molecule has 1 aromatic carbocycles. The van der Waals surface area contributed by atoms with E-state index in [2.05, 4.69) is 10.4 Å². The lowest BCUT2D eigenvalue weighted by atomic mass is 10.0. The molecule has 114 valence electrons. The summed E-state index contributed by atoms with van der Waals surface area (Å²) >= 11 is 0. The fourth-order valence-electron chi connectivity index (χ4n) is 2.02. The van der Waals surface area contributed by atoms with Gasteiger partial charge in [-0.2, -0.15) is 18.3 Å². The first-order chi connectivity index (χ1) is 9.98. The Kier molecular flexibility index (Phi) is 4.98. The minimum Gasteiger partial charge on any atom is -0.387 e. The summed E-state index contributed by atoms with van der Waals surface area (Å²) < 4.78 is 40.2. The highest BCUT2D eigenvalue weighted by Gasteiger charge is 2.34. The molecule has 2 N–H and O–H groups in total. The summed E-state index contributed by atoms with van der Waals surface area (Å²) in [6.07, 6.45) is -2.24. The van der Waals surface area contributed by atoms with E-state index in [1.54, 1.807) is 23.1 Å². The zero-order valence-corrected chi connectivity index (χ0v) is 11.2. The number of rotatable bonds is 6. The van der Waals surface area contributed by atoms with Gasteiger partial charge in [0.15, 0.2) is 0 Å². The van der Waals surface area contributed by atoms with E-state index in [1.807, 2.05) is 0 Å². The normalized spacial score (nSPS) is 13.3. The van der Waals surface area contributed by atoms with E-state index >= 15 is 0 Å². The van der Waals surface area contributed by atoms with Crippen LogP contribution in [0.15, 0.2) is 42.7 Å². The van der Waals surface area contributed by atoms with Crippen LogP contribution < -0.4 is 5.32 Å². The largest absolute Gasteiger partial charge is 0.416 e. The molecule has 0 aliphatic rings. The lowest BCUT2D eigenvalue weighted by molar-refractivity contribution is -0.139. The van der Waals surface area contributed by atoms with Gasteiger partial charge in [-0.15, -0.1) is 0 Å². The van der Waals surface area contributed by atoms with E-state index in [1.165, 1.54) is 18.2 Å². The Labute approximate surface area is 120 Å². The highest BCUT2D eigenvalue weighted by molar-refractivity contribution is 5.31. The predicted octanol–water partition coefficient (Wildman–Crippen LogP) is 2.23. The molecular weight excluding hydrogens is 283 g/mol. The van der Waals surface area contributed by atoms with E-state index in [9.17, 15) is 18.3 Å². The van der Waals surface area contributed by atoms with Crippen LogP contribution in [0.1, 0.15) is 17.2 Å². The zero-order valence-electron chi connectivity index (χ0n) is 11.2. The molecule has 1 heterocycles. The Morgan fingerprint density at radius 3 is 2.67 bits per heavy atom. The Morgan fingerprint density at radius 1 is 1.24 bits per heavy atom. The van der Waals surface area contributed by atoms with E-state index in [-0.39, 0.29) is 12.1 Å². The second-order valence-corrected chi connectivity index (χ2v) is 4.57. The molecule has 2 rings (SSSR count). The molecule has 0 aliphatic heterocycles. The Balaban J connectivity index is 1.90.